The number of nitrogens with one attached hydrogen (secondary N) is 1. The van der Waals surface area contributed by atoms with Crippen molar-refractivity contribution in [3.05, 3.63) is 0 Å². The zero-order chi connectivity index (χ0) is 12.8. The molecule has 2 heterocycles. The first-order chi connectivity index (χ1) is 8.81. The number of hydrogen-bond donors (Lipinski definition) is 1. The van der Waals surface area contributed by atoms with Crippen molar-refractivity contribution in [1.82, 2.24) is 10.2 Å². The minimum atomic E-state index is 0.0737. The quantitative estimate of drug-likeness (QED) is 0.824. The lowest BCUT2D eigenvalue weighted by atomic mass is 9.97. The van der Waals surface area contributed by atoms with Gasteiger partial charge in [-0.1, -0.05) is 6.42 Å². The van der Waals surface area contributed by atoms with Gasteiger partial charge >= 0.3 is 0 Å². The number of carbonyl (C=O) groups excluding carboxylic acids is 1. The van der Waals surface area contributed by atoms with Crippen molar-refractivity contribution >= 4 is 5.91 Å². The molecule has 0 aliphatic carbocycles. The normalized spacial score (nSPS) is 29.3. The fourth-order valence-corrected chi connectivity index (χ4v) is 2.97. The van der Waals surface area contributed by atoms with E-state index in [1.54, 1.807) is 0 Å². The van der Waals surface area contributed by atoms with Crippen LogP contribution < -0.4 is 5.32 Å². The Morgan fingerprint density at radius 3 is 2.94 bits per heavy atom. The van der Waals surface area contributed by atoms with Crippen LogP contribution in [0.5, 0.6) is 0 Å². The van der Waals surface area contributed by atoms with Crippen molar-refractivity contribution in [2.45, 2.75) is 45.1 Å². The smallest absolute Gasteiger partial charge is 0.239 e. The first-order valence-electron chi connectivity index (χ1n) is 7.41. The molecule has 18 heavy (non-hydrogen) atoms. The van der Waals surface area contributed by atoms with Crippen molar-refractivity contribution in [2.24, 2.45) is 5.92 Å². The van der Waals surface area contributed by atoms with Crippen molar-refractivity contribution in [3.63, 3.8) is 0 Å². The van der Waals surface area contributed by atoms with Crippen LogP contribution in [-0.4, -0.2) is 49.7 Å². The fourth-order valence-electron chi connectivity index (χ4n) is 2.97. The van der Waals surface area contributed by atoms with Crippen LogP contribution in [0.1, 0.15) is 39.0 Å². The molecule has 2 rings (SSSR count). The molecule has 0 aromatic carbocycles. The van der Waals surface area contributed by atoms with Crippen molar-refractivity contribution in [1.29, 1.82) is 0 Å². The third-order valence-electron chi connectivity index (χ3n) is 4.00. The Morgan fingerprint density at radius 1 is 1.33 bits per heavy atom. The molecule has 0 bridgehead atoms. The maximum Gasteiger partial charge on any atom is 0.239 e. The van der Waals surface area contributed by atoms with Crippen molar-refractivity contribution < 1.29 is 9.53 Å². The van der Waals surface area contributed by atoms with Gasteiger partial charge in [-0.05, 0) is 45.1 Å². The molecule has 0 radical (unpaired) electrons. The van der Waals surface area contributed by atoms with E-state index < -0.39 is 0 Å². The van der Waals surface area contributed by atoms with Gasteiger partial charge in [0.1, 0.15) is 0 Å². The summed E-state index contributed by atoms with van der Waals surface area (Å²) in [5.74, 6) is 0.849. The van der Waals surface area contributed by atoms with Crippen LogP contribution in [0.3, 0.4) is 0 Å². The molecule has 2 fully saturated rings. The Hall–Kier alpha value is -0.610. The number of nitrogens with zero attached hydrogens (tertiary/aromatic N) is 1. The van der Waals surface area contributed by atoms with Gasteiger partial charge in [-0.15, -0.1) is 0 Å². The van der Waals surface area contributed by atoms with Crippen LogP contribution >= 0.6 is 0 Å². The van der Waals surface area contributed by atoms with Gasteiger partial charge in [0, 0.05) is 19.7 Å². The molecular weight excluding hydrogens is 228 g/mol. The summed E-state index contributed by atoms with van der Waals surface area (Å²) < 4.78 is 5.49. The molecule has 0 spiro atoms. The van der Waals surface area contributed by atoms with E-state index in [9.17, 15) is 4.79 Å². The van der Waals surface area contributed by atoms with E-state index in [2.05, 4.69) is 10.2 Å². The highest BCUT2D eigenvalue weighted by Crippen LogP contribution is 2.19. The number of piperidine rings is 2. The van der Waals surface area contributed by atoms with E-state index in [4.69, 9.17) is 4.74 Å². The summed E-state index contributed by atoms with van der Waals surface area (Å²) in [7, 11) is 0. The number of rotatable bonds is 4. The van der Waals surface area contributed by atoms with Gasteiger partial charge in [-0.3, -0.25) is 4.79 Å². The van der Waals surface area contributed by atoms with Crippen LogP contribution in [0.15, 0.2) is 0 Å². The SMILES string of the molecule is CCOCC1CCCN(C(=O)C2CCCCN2)C1. The summed E-state index contributed by atoms with van der Waals surface area (Å²) in [5, 5.41) is 3.35. The molecule has 0 aromatic rings. The predicted molar refractivity (Wildman–Crippen MR) is 71.4 cm³/mol. The summed E-state index contributed by atoms with van der Waals surface area (Å²) in [5.41, 5.74) is 0. The van der Waals surface area contributed by atoms with E-state index in [-0.39, 0.29) is 6.04 Å². The van der Waals surface area contributed by atoms with Gasteiger partial charge in [0.15, 0.2) is 0 Å². The zero-order valence-electron chi connectivity index (χ0n) is 11.5. The van der Waals surface area contributed by atoms with E-state index in [0.29, 0.717) is 11.8 Å². The van der Waals surface area contributed by atoms with E-state index >= 15 is 0 Å². The summed E-state index contributed by atoms with van der Waals surface area (Å²) in [6.45, 7) is 6.41. The molecule has 104 valence electrons. The lowest BCUT2D eigenvalue weighted by molar-refractivity contribution is -0.136. The molecular formula is C14H26N2O2. The van der Waals surface area contributed by atoms with Crippen LogP contribution in [0.4, 0.5) is 0 Å². The number of hydrogen-bond acceptors (Lipinski definition) is 3. The minimum Gasteiger partial charge on any atom is -0.381 e. The zero-order valence-corrected chi connectivity index (χ0v) is 11.5. The Bertz CT molecular complexity index is 265. The molecule has 2 unspecified atom stereocenters. The predicted octanol–water partition coefficient (Wildman–Crippen LogP) is 1.40. The first-order valence-corrected chi connectivity index (χ1v) is 7.41. The number of ether oxygens (including phenoxy) is 1. The minimum absolute atomic E-state index is 0.0737. The van der Waals surface area contributed by atoms with Gasteiger partial charge in [0.25, 0.3) is 0 Å². The molecule has 2 atom stereocenters. The number of amides is 1. The van der Waals surface area contributed by atoms with Gasteiger partial charge in [0.2, 0.25) is 5.91 Å². The fraction of sp³-hybridized carbons (Fsp3) is 0.929. The summed E-state index contributed by atoms with van der Waals surface area (Å²) in [4.78, 5) is 14.4. The molecule has 4 nitrogen and oxygen atoms in total. The topological polar surface area (TPSA) is 41.6 Å². The van der Waals surface area contributed by atoms with Gasteiger partial charge in [-0.2, -0.15) is 0 Å². The second kappa shape index (κ2) is 7.10. The highest BCUT2D eigenvalue weighted by atomic mass is 16.5. The van der Waals surface area contributed by atoms with Gasteiger partial charge in [-0.25, -0.2) is 0 Å². The molecule has 2 saturated heterocycles. The molecule has 2 aliphatic heterocycles. The third-order valence-corrected chi connectivity index (χ3v) is 4.00. The standard InChI is InChI=1S/C14H26N2O2/c1-2-18-11-12-6-5-9-16(10-12)14(17)13-7-3-4-8-15-13/h12-13,15H,2-11H2,1H3. The maximum atomic E-state index is 12.4. The maximum absolute atomic E-state index is 12.4. The molecule has 4 heteroatoms. The summed E-state index contributed by atoms with van der Waals surface area (Å²) in [6.07, 6.45) is 5.71. The molecule has 1 N–H and O–H groups in total. The van der Waals surface area contributed by atoms with Crippen molar-refractivity contribution in [3.8, 4) is 0 Å². The summed E-state index contributed by atoms with van der Waals surface area (Å²) in [6, 6.07) is 0.0737. The van der Waals surface area contributed by atoms with Crippen molar-refractivity contribution in [2.75, 3.05) is 32.8 Å². The molecule has 0 saturated carbocycles. The van der Waals surface area contributed by atoms with E-state index in [1.165, 1.54) is 19.3 Å². The highest BCUT2D eigenvalue weighted by Gasteiger charge is 2.29. The number of likely N-dealkylation sites (tertiary alicyclic amines) is 1. The summed E-state index contributed by atoms with van der Waals surface area (Å²) >= 11 is 0. The Morgan fingerprint density at radius 2 is 2.22 bits per heavy atom. The second-order valence-corrected chi connectivity index (χ2v) is 5.45. The highest BCUT2D eigenvalue weighted by molar-refractivity contribution is 5.82. The third kappa shape index (κ3) is 3.69. The Balaban J connectivity index is 1.81. The lowest BCUT2D eigenvalue weighted by Crippen LogP contribution is -2.51. The van der Waals surface area contributed by atoms with Crippen LogP contribution in [0.25, 0.3) is 0 Å². The van der Waals surface area contributed by atoms with Crippen LogP contribution in [-0.2, 0) is 9.53 Å². The first kappa shape index (κ1) is 13.8. The largest absolute Gasteiger partial charge is 0.381 e. The van der Waals surface area contributed by atoms with Gasteiger partial charge in [0.05, 0.1) is 12.6 Å². The van der Waals surface area contributed by atoms with Crippen LogP contribution in [0.2, 0.25) is 0 Å². The average molecular weight is 254 g/mol. The molecule has 0 aromatic heterocycles. The Labute approximate surface area is 110 Å². The second-order valence-electron chi connectivity index (χ2n) is 5.45. The molecule has 1 amide bonds. The number of carbonyl (C=O) groups is 1. The monoisotopic (exact) mass is 254 g/mol. The van der Waals surface area contributed by atoms with Gasteiger partial charge < -0.3 is 15.0 Å². The Kier molecular flexibility index (Phi) is 5.45. The van der Waals surface area contributed by atoms with E-state index in [0.717, 1.165) is 45.7 Å². The average Bonchev–Trinajstić information content (AvgIpc) is 2.45. The van der Waals surface area contributed by atoms with E-state index in [1.807, 2.05) is 6.92 Å². The lowest BCUT2D eigenvalue weighted by Gasteiger charge is -2.36. The van der Waals surface area contributed by atoms with Crippen LogP contribution in [0, 0.1) is 5.92 Å². The molecule has 2 aliphatic rings.